The zero-order chi connectivity index (χ0) is 11.3. The summed E-state index contributed by atoms with van der Waals surface area (Å²) in [6.07, 6.45) is 0.293. The summed E-state index contributed by atoms with van der Waals surface area (Å²) in [5.74, 6) is -1.45. The largest absolute Gasteiger partial charge is 0.478 e. The van der Waals surface area contributed by atoms with Gasteiger partial charge in [-0.05, 0) is 24.3 Å². The van der Waals surface area contributed by atoms with Crippen molar-refractivity contribution in [2.75, 3.05) is 5.32 Å². The van der Waals surface area contributed by atoms with E-state index in [1.54, 1.807) is 0 Å². The van der Waals surface area contributed by atoms with Crippen LogP contribution in [-0.2, 0) is 9.59 Å². The quantitative estimate of drug-likeness (QED) is 0.567. The van der Waals surface area contributed by atoms with Gasteiger partial charge in [0.1, 0.15) is 6.29 Å². The summed E-state index contributed by atoms with van der Waals surface area (Å²) in [6, 6.07) is 5.68. The van der Waals surface area contributed by atoms with E-state index in [-0.39, 0.29) is 12.0 Å². The second-order valence-corrected chi connectivity index (χ2v) is 2.80. The number of hydrogen-bond acceptors (Lipinski definition) is 3. The third-order valence-electron chi connectivity index (χ3n) is 1.68. The van der Waals surface area contributed by atoms with Crippen molar-refractivity contribution in [1.29, 1.82) is 0 Å². The van der Waals surface area contributed by atoms with Crippen molar-refractivity contribution in [1.82, 2.24) is 0 Å². The first kappa shape index (κ1) is 10.9. The number of aromatic carboxylic acids is 1. The highest BCUT2D eigenvalue weighted by Gasteiger charge is 2.03. The minimum atomic E-state index is -1.03. The van der Waals surface area contributed by atoms with Gasteiger partial charge in [-0.3, -0.25) is 4.79 Å². The van der Waals surface area contributed by atoms with Gasteiger partial charge in [-0.25, -0.2) is 4.79 Å². The number of benzene rings is 1. The first-order valence-corrected chi connectivity index (χ1v) is 4.20. The summed E-state index contributed by atoms with van der Waals surface area (Å²) < 4.78 is 0. The maximum atomic E-state index is 11.0. The Morgan fingerprint density at radius 1 is 1.27 bits per heavy atom. The SMILES string of the molecule is O=CCC(=O)Nc1ccc(C(=O)O)cc1. The lowest BCUT2D eigenvalue weighted by molar-refractivity contribution is -0.119. The molecule has 0 aliphatic rings. The van der Waals surface area contributed by atoms with Crippen LogP contribution in [0, 0.1) is 0 Å². The molecule has 0 aliphatic heterocycles. The monoisotopic (exact) mass is 207 g/mol. The molecule has 0 heterocycles. The molecule has 0 unspecified atom stereocenters. The van der Waals surface area contributed by atoms with Crippen molar-refractivity contribution in [2.24, 2.45) is 0 Å². The number of nitrogens with one attached hydrogen (secondary N) is 1. The lowest BCUT2D eigenvalue weighted by Crippen LogP contribution is -2.11. The average molecular weight is 207 g/mol. The standard InChI is InChI=1S/C10H9NO4/c12-6-5-9(13)11-8-3-1-7(2-4-8)10(14)15/h1-4,6H,5H2,(H,11,13)(H,14,15). The number of rotatable bonds is 4. The van der Waals surface area contributed by atoms with E-state index in [4.69, 9.17) is 5.11 Å². The summed E-state index contributed by atoms with van der Waals surface area (Å²) >= 11 is 0. The van der Waals surface area contributed by atoms with E-state index in [0.29, 0.717) is 12.0 Å². The molecule has 1 amide bonds. The van der Waals surface area contributed by atoms with Crippen molar-refractivity contribution in [3.8, 4) is 0 Å². The third kappa shape index (κ3) is 3.22. The number of aldehydes is 1. The molecule has 0 fully saturated rings. The Hall–Kier alpha value is -2.17. The lowest BCUT2D eigenvalue weighted by Gasteiger charge is -2.02. The fourth-order valence-corrected chi connectivity index (χ4v) is 0.984. The molecule has 1 aromatic rings. The zero-order valence-corrected chi connectivity index (χ0v) is 7.77. The van der Waals surface area contributed by atoms with Crippen molar-refractivity contribution in [3.05, 3.63) is 29.8 Å². The van der Waals surface area contributed by atoms with Gasteiger partial charge in [0.25, 0.3) is 0 Å². The van der Waals surface area contributed by atoms with E-state index in [1.807, 2.05) is 0 Å². The zero-order valence-electron chi connectivity index (χ0n) is 7.77. The van der Waals surface area contributed by atoms with Crippen LogP contribution >= 0.6 is 0 Å². The molecule has 5 heteroatoms. The molecule has 0 saturated heterocycles. The Bertz CT molecular complexity index is 383. The van der Waals surface area contributed by atoms with Gasteiger partial charge >= 0.3 is 5.97 Å². The molecule has 0 atom stereocenters. The maximum Gasteiger partial charge on any atom is 0.335 e. The third-order valence-corrected chi connectivity index (χ3v) is 1.68. The molecular weight excluding hydrogens is 198 g/mol. The number of hydrogen-bond donors (Lipinski definition) is 2. The minimum absolute atomic E-state index is 0.142. The molecule has 78 valence electrons. The Morgan fingerprint density at radius 2 is 1.87 bits per heavy atom. The van der Waals surface area contributed by atoms with Gasteiger partial charge in [-0.15, -0.1) is 0 Å². The van der Waals surface area contributed by atoms with Crippen LogP contribution in [0.3, 0.4) is 0 Å². The van der Waals surface area contributed by atoms with E-state index in [1.165, 1.54) is 24.3 Å². The number of carbonyl (C=O) groups is 3. The Labute approximate surface area is 85.7 Å². The molecule has 1 aromatic carbocycles. The molecule has 0 radical (unpaired) electrons. The molecule has 0 aliphatic carbocycles. The summed E-state index contributed by atoms with van der Waals surface area (Å²) in [6.45, 7) is 0. The summed E-state index contributed by atoms with van der Waals surface area (Å²) in [7, 11) is 0. The number of anilines is 1. The molecule has 0 spiro atoms. The first-order chi connectivity index (χ1) is 7.13. The topological polar surface area (TPSA) is 83.5 Å². The molecule has 0 aromatic heterocycles. The van der Waals surface area contributed by atoms with Crippen LogP contribution in [0.25, 0.3) is 0 Å². The van der Waals surface area contributed by atoms with Gasteiger partial charge in [0.15, 0.2) is 0 Å². The van der Waals surface area contributed by atoms with Gasteiger partial charge in [0.05, 0.1) is 12.0 Å². The number of carboxylic acid groups (broad SMARTS) is 1. The van der Waals surface area contributed by atoms with E-state index in [9.17, 15) is 14.4 Å². The molecule has 5 nitrogen and oxygen atoms in total. The summed E-state index contributed by atoms with van der Waals surface area (Å²) in [5, 5.41) is 11.1. The lowest BCUT2D eigenvalue weighted by atomic mass is 10.2. The summed E-state index contributed by atoms with van der Waals surface area (Å²) in [4.78, 5) is 31.5. The first-order valence-electron chi connectivity index (χ1n) is 4.20. The van der Waals surface area contributed by atoms with Crippen LogP contribution in [0.1, 0.15) is 16.8 Å². The van der Waals surface area contributed by atoms with Gasteiger partial charge < -0.3 is 15.2 Å². The molecule has 0 saturated carbocycles. The van der Waals surface area contributed by atoms with E-state index < -0.39 is 11.9 Å². The summed E-state index contributed by atoms with van der Waals surface area (Å²) in [5.41, 5.74) is 0.607. The van der Waals surface area contributed by atoms with E-state index in [2.05, 4.69) is 5.32 Å². The van der Waals surface area contributed by atoms with Crippen molar-refractivity contribution >= 4 is 23.9 Å². The highest BCUT2D eigenvalue weighted by atomic mass is 16.4. The number of carboxylic acids is 1. The predicted octanol–water partition coefficient (Wildman–Crippen LogP) is 0.912. The highest BCUT2D eigenvalue weighted by Crippen LogP contribution is 2.09. The maximum absolute atomic E-state index is 11.0. The van der Waals surface area contributed by atoms with Gasteiger partial charge in [-0.2, -0.15) is 0 Å². The van der Waals surface area contributed by atoms with Crippen molar-refractivity contribution in [2.45, 2.75) is 6.42 Å². The van der Waals surface area contributed by atoms with Crippen LogP contribution in [0.4, 0.5) is 5.69 Å². The molecule has 2 N–H and O–H groups in total. The Balaban J connectivity index is 2.68. The van der Waals surface area contributed by atoms with Crippen molar-refractivity contribution < 1.29 is 19.5 Å². The van der Waals surface area contributed by atoms with Crippen LogP contribution in [0.2, 0.25) is 0 Å². The normalized spacial score (nSPS) is 9.33. The molecule has 15 heavy (non-hydrogen) atoms. The van der Waals surface area contributed by atoms with E-state index in [0.717, 1.165) is 0 Å². The fraction of sp³-hybridized carbons (Fsp3) is 0.100. The number of amides is 1. The highest BCUT2D eigenvalue weighted by molar-refractivity contribution is 5.98. The minimum Gasteiger partial charge on any atom is -0.478 e. The molecule has 0 bridgehead atoms. The van der Waals surface area contributed by atoms with Crippen LogP contribution < -0.4 is 5.32 Å². The molecular formula is C10H9NO4. The molecule has 1 rings (SSSR count). The fourth-order valence-electron chi connectivity index (χ4n) is 0.984. The van der Waals surface area contributed by atoms with E-state index >= 15 is 0 Å². The Kier molecular flexibility index (Phi) is 3.56. The second-order valence-electron chi connectivity index (χ2n) is 2.80. The van der Waals surface area contributed by atoms with Crippen LogP contribution in [0.15, 0.2) is 24.3 Å². The van der Waals surface area contributed by atoms with Crippen molar-refractivity contribution in [3.63, 3.8) is 0 Å². The second kappa shape index (κ2) is 4.90. The van der Waals surface area contributed by atoms with Gasteiger partial charge in [-0.1, -0.05) is 0 Å². The van der Waals surface area contributed by atoms with Gasteiger partial charge in [0.2, 0.25) is 5.91 Å². The Morgan fingerprint density at radius 3 is 2.33 bits per heavy atom. The average Bonchev–Trinajstić information content (AvgIpc) is 2.18. The van der Waals surface area contributed by atoms with Crippen LogP contribution in [-0.4, -0.2) is 23.3 Å². The number of carbonyl (C=O) groups excluding carboxylic acids is 2. The predicted molar refractivity (Wildman–Crippen MR) is 52.7 cm³/mol. The van der Waals surface area contributed by atoms with Crippen LogP contribution in [0.5, 0.6) is 0 Å². The van der Waals surface area contributed by atoms with Gasteiger partial charge in [0, 0.05) is 5.69 Å². The smallest absolute Gasteiger partial charge is 0.335 e.